The summed E-state index contributed by atoms with van der Waals surface area (Å²) in [5.41, 5.74) is 0.959. The van der Waals surface area contributed by atoms with Crippen molar-refractivity contribution in [3.05, 3.63) is 34.6 Å². The Balaban J connectivity index is 1.84. The zero-order valence-electron chi connectivity index (χ0n) is 10.2. The molecular weight excluding hydrogens is 237 g/mol. The maximum atomic E-state index is 13.2. The molecule has 0 bridgehead atoms. The van der Waals surface area contributed by atoms with E-state index in [9.17, 15) is 4.39 Å². The molecule has 1 fully saturated rings. The molecule has 0 saturated heterocycles. The molecule has 0 heterocycles. The van der Waals surface area contributed by atoms with Gasteiger partial charge >= 0.3 is 0 Å². The largest absolute Gasteiger partial charge is 0.310 e. The first-order valence-corrected chi connectivity index (χ1v) is 6.74. The Hall–Kier alpha value is -0.600. The highest BCUT2D eigenvalue weighted by molar-refractivity contribution is 6.30. The summed E-state index contributed by atoms with van der Waals surface area (Å²) in [4.78, 5) is 0. The highest BCUT2D eigenvalue weighted by Crippen LogP contribution is 2.34. The van der Waals surface area contributed by atoms with Gasteiger partial charge in [0.1, 0.15) is 5.82 Å². The van der Waals surface area contributed by atoms with Crippen molar-refractivity contribution in [1.82, 2.24) is 5.32 Å². The molecule has 1 aromatic carbocycles. The van der Waals surface area contributed by atoms with E-state index >= 15 is 0 Å². The molecule has 1 aromatic rings. The minimum absolute atomic E-state index is 0.193. The Bertz CT molecular complexity index is 376. The van der Waals surface area contributed by atoms with E-state index in [-0.39, 0.29) is 10.8 Å². The molecule has 1 aliphatic carbocycles. The molecule has 1 nitrogen and oxygen atoms in total. The molecular formula is C14H19ClFN. The van der Waals surface area contributed by atoms with Crippen LogP contribution in [0.1, 0.15) is 38.2 Å². The van der Waals surface area contributed by atoms with Crippen LogP contribution in [0.2, 0.25) is 5.02 Å². The van der Waals surface area contributed by atoms with Crippen LogP contribution < -0.4 is 5.32 Å². The third-order valence-electron chi connectivity index (χ3n) is 3.39. The Morgan fingerprint density at radius 1 is 1.47 bits per heavy atom. The van der Waals surface area contributed by atoms with Crippen LogP contribution in [0.25, 0.3) is 0 Å². The molecule has 1 unspecified atom stereocenters. The smallest absolute Gasteiger partial charge is 0.142 e. The van der Waals surface area contributed by atoms with Gasteiger partial charge in [-0.2, -0.15) is 0 Å². The zero-order chi connectivity index (χ0) is 12.3. The monoisotopic (exact) mass is 255 g/mol. The van der Waals surface area contributed by atoms with Crippen molar-refractivity contribution in [3.8, 4) is 0 Å². The van der Waals surface area contributed by atoms with Gasteiger partial charge in [-0.1, -0.05) is 37.4 Å². The number of nitrogens with one attached hydrogen (secondary N) is 1. The Kier molecular flexibility index (Phi) is 4.41. The van der Waals surface area contributed by atoms with Gasteiger partial charge in [0.15, 0.2) is 0 Å². The van der Waals surface area contributed by atoms with Gasteiger partial charge in [-0.05, 0) is 36.5 Å². The fourth-order valence-electron chi connectivity index (χ4n) is 2.06. The standard InChI is InChI=1S/C14H19ClFN/c1-2-12(7-10-3-4-10)17-9-11-5-6-13(15)14(16)8-11/h5-6,8,10,12,17H,2-4,7,9H2,1H3. The van der Waals surface area contributed by atoms with E-state index in [2.05, 4.69) is 12.2 Å². The Morgan fingerprint density at radius 3 is 2.82 bits per heavy atom. The summed E-state index contributed by atoms with van der Waals surface area (Å²) in [5.74, 6) is 0.593. The summed E-state index contributed by atoms with van der Waals surface area (Å²) >= 11 is 5.65. The van der Waals surface area contributed by atoms with Crippen molar-refractivity contribution in [2.45, 2.75) is 45.2 Å². The van der Waals surface area contributed by atoms with Crippen LogP contribution in [0.5, 0.6) is 0 Å². The summed E-state index contributed by atoms with van der Waals surface area (Å²) in [6.45, 7) is 2.92. The van der Waals surface area contributed by atoms with E-state index in [4.69, 9.17) is 11.6 Å². The fourth-order valence-corrected chi connectivity index (χ4v) is 2.18. The van der Waals surface area contributed by atoms with Crippen molar-refractivity contribution in [3.63, 3.8) is 0 Å². The molecule has 3 heteroatoms. The van der Waals surface area contributed by atoms with Crippen LogP contribution in [0.15, 0.2) is 18.2 Å². The summed E-state index contributed by atoms with van der Waals surface area (Å²) in [7, 11) is 0. The van der Waals surface area contributed by atoms with E-state index in [0.29, 0.717) is 6.04 Å². The first-order valence-electron chi connectivity index (χ1n) is 6.36. The molecule has 2 rings (SSSR count). The molecule has 0 aliphatic heterocycles. The molecule has 0 spiro atoms. The number of halogens is 2. The van der Waals surface area contributed by atoms with Gasteiger partial charge < -0.3 is 5.32 Å². The van der Waals surface area contributed by atoms with E-state index in [1.54, 1.807) is 6.07 Å². The SMILES string of the molecule is CCC(CC1CC1)NCc1ccc(Cl)c(F)c1. The van der Waals surface area contributed by atoms with Gasteiger partial charge in [-0.15, -0.1) is 0 Å². The number of rotatable bonds is 6. The predicted molar refractivity (Wildman–Crippen MR) is 69.7 cm³/mol. The molecule has 1 aliphatic rings. The van der Waals surface area contributed by atoms with E-state index in [0.717, 1.165) is 24.4 Å². The van der Waals surface area contributed by atoms with E-state index in [1.807, 2.05) is 6.07 Å². The first-order chi connectivity index (χ1) is 8.19. The Morgan fingerprint density at radius 2 is 2.24 bits per heavy atom. The van der Waals surface area contributed by atoms with Gasteiger partial charge in [0.05, 0.1) is 5.02 Å². The maximum absolute atomic E-state index is 13.2. The number of hydrogen-bond acceptors (Lipinski definition) is 1. The molecule has 0 amide bonds. The normalized spacial score (nSPS) is 17.1. The van der Waals surface area contributed by atoms with Crippen molar-refractivity contribution < 1.29 is 4.39 Å². The number of benzene rings is 1. The highest BCUT2D eigenvalue weighted by atomic mass is 35.5. The second-order valence-corrected chi connectivity index (χ2v) is 5.32. The van der Waals surface area contributed by atoms with Crippen molar-refractivity contribution in [2.24, 2.45) is 5.92 Å². The van der Waals surface area contributed by atoms with Crippen molar-refractivity contribution >= 4 is 11.6 Å². The lowest BCUT2D eigenvalue weighted by Gasteiger charge is -2.16. The summed E-state index contributed by atoms with van der Waals surface area (Å²) in [6.07, 6.45) is 5.15. The molecule has 1 atom stereocenters. The van der Waals surface area contributed by atoms with Gasteiger partial charge in [-0.25, -0.2) is 4.39 Å². The van der Waals surface area contributed by atoms with Gasteiger partial charge in [0.25, 0.3) is 0 Å². The van der Waals surface area contributed by atoms with Crippen LogP contribution in [0.4, 0.5) is 4.39 Å². The summed E-state index contributed by atoms with van der Waals surface area (Å²) in [5, 5.41) is 3.69. The minimum Gasteiger partial charge on any atom is -0.310 e. The summed E-state index contributed by atoms with van der Waals surface area (Å²) in [6, 6.07) is 5.57. The predicted octanol–water partition coefficient (Wildman–Crippen LogP) is 4.15. The van der Waals surface area contributed by atoms with Crippen LogP contribution >= 0.6 is 11.6 Å². The molecule has 0 radical (unpaired) electrons. The third kappa shape index (κ3) is 3.97. The fraction of sp³-hybridized carbons (Fsp3) is 0.571. The maximum Gasteiger partial charge on any atom is 0.142 e. The molecule has 1 N–H and O–H groups in total. The average Bonchev–Trinajstić information content (AvgIpc) is 3.12. The van der Waals surface area contributed by atoms with Crippen LogP contribution in [-0.4, -0.2) is 6.04 Å². The van der Waals surface area contributed by atoms with E-state index in [1.165, 1.54) is 25.3 Å². The average molecular weight is 256 g/mol. The number of hydrogen-bond donors (Lipinski definition) is 1. The lowest BCUT2D eigenvalue weighted by molar-refractivity contribution is 0.444. The first kappa shape index (κ1) is 12.8. The van der Waals surface area contributed by atoms with Crippen molar-refractivity contribution in [1.29, 1.82) is 0 Å². The molecule has 1 saturated carbocycles. The second kappa shape index (κ2) is 5.83. The zero-order valence-corrected chi connectivity index (χ0v) is 10.9. The van der Waals surface area contributed by atoms with Gasteiger partial charge in [-0.3, -0.25) is 0 Å². The summed E-state index contributed by atoms with van der Waals surface area (Å²) < 4.78 is 13.2. The van der Waals surface area contributed by atoms with E-state index < -0.39 is 0 Å². The Labute approximate surface area is 107 Å². The lowest BCUT2D eigenvalue weighted by atomic mass is 10.1. The minimum atomic E-state index is -0.332. The second-order valence-electron chi connectivity index (χ2n) is 4.91. The topological polar surface area (TPSA) is 12.0 Å². The quantitative estimate of drug-likeness (QED) is 0.805. The van der Waals surface area contributed by atoms with Crippen LogP contribution in [-0.2, 0) is 6.54 Å². The van der Waals surface area contributed by atoms with Gasteiger partial charge in [0, 0.05) is 12.6 Å². The van der Waals surface area contributed by atoms with Crippen LogP contribution in [0, 0.1) is 11.7 Å². The molecule has 17 heavy (non-hydrogen) atoms. The lowest BCUT2D eigenvalue weighted by Crippen LogP contribution is -2.28. The van der Waals surface area contributed by atoms with Crippen LogP contribution in [0.3, 0.4) is 0 Å². The highest BCUT2D eigenvalue weighted by Gasteiger charge is 2.24. The third-order valence-corrected chi connectivity index (χ3v) is 3.69. The molecule has 94 valence electrons. The van der Waals surface area contributed by atoms with Gasteiger partial charge in [0.2, 0.25) is 0 Å². The van der Waals surface area contributed by atoms with Crippen molar-refractivity contribution in [2.75, 3.05) is 0 Å². The molecule has 0 aromatic heterocycles.